The van der Waals surface area contributed by atoms with Crippen LogP contribution in [0.15, 0.2) is 24.3 Å². The number of carbonyl (C=O) groups is 1. The van der Waals surface area contributed by atoms with E-state index in [9.17, 15) is 15.2 Å². The molecule has 1 amide bonds. The maximum Gasteiger partial charge on any atom is 0.407 e. The minimum absolute atomic E-state index is 0.163. The number of hydrogen-bond donors (Lipinski definition) is 1. The molecule has 0 radical (unpaired) electrons. The van der Waals surface area contributed by atoms with Crippen molar-refractivity contribution in [1.82, 2.24) is 19.8 Å². The fraction of sp³-hybridized carbons (Fsp3) is 0.600. The van der Waals surface area contributed by atoms with Gasteiger partial charge >= 0.3 is 12.1 Å². The van der Waals surface area contributed by atoms with Gasteiger partial charge in [0.05, 0.1) is 24.2 Å². The second-order valence-electron chi connectivity index (χ2n) is 11.9. The molecular formula is C30H38N6O3. The summed E-state index contributed by atoms with van der Waals surface area (Å²) < 4.78 is 6.28. The summed E-state index contributed by atoms with van der Waals surface area (Å²) in [7, 11) is 2.14. The van der Waals surface area contributed by atoms with Gasteiger partial charge in [-0.1, -0.05) is 24.3 Å². The normalized spacial score (nSPS) is 26.7. The van der Waals surface area contributed by atoms with E-state index in [-0.39, 0.29) is 17.9 Å². The minimum atomic E-state index is -0.969. The highest BCUT2D eigenvalue weighted by Crippen LogP contribution is 2.46. The fourth-order valence-electron chi connectivity index (χ4n) is 7.23. The molecule has 1 aromatic heterocycles. The summed E-state index contributed by atoms with van der Waals surface area (Å²) in [6.07, 6.45) is 7.73. The van der Waals surface area contributed by atoms with Crippen LogP contribution in [0.3, 0.4) is 0 Å². The first-order valence-corrected chi connectivity index (χ1v) is 14.4. The average molecular weight is 531 g/mol. The number of aromatic nitrogens is 2. The van der Waals surface area contributed by atoms with Crippen LogP contribution in [-0.4, -0.2) is 82.9 Å². The number of benzene rings is 1. The van der Waals surface area contributed by atoms with Crippen LogP contribution in [0.4, 0.5) is 10.6 Å². The Labute approximate surface area is 230 Å². The molecule has 6 rings (SSSR count). The van der Waals surface area contributed by atoms with Gasteiger partial charge in [-0.3, -0.25) is 0 Å². The molecule has 2 aliphatic heterocycles. The number of carboxylic acid groups (broad SMARTS) is 1. The summed E-state index contributed by atoms with van der Waals surface area (Å²) in [6, 6.07) is 11.4. The molecule has 2 aliphatic carbocycles. The summed E-state index contributed by atoms with van der Waals surface area (Å²) >= 11 is 0. The predicted molar refractivity (Wildman–Crippen MR) is 147 cm³/mol. The van der Waals surface area contributed by atoms with E-state index in [1.807, 2.05) is 0 Å². The molecule has 0 unspecified atom stereocenters. The standard InChI is InChI=1S/C30H38N6O3/c1-34-14-4-7-24(34)20-39-28-32-26-18-30(11-8-21-5-2-3-6-22(21)17-30)12-9-25(26)27(33-28)35-15-16-36(29(37)38)23(19-35)10-13-31/h2-3,5-6,23-24H,4,7-12,14-20H2,1H3,(H,37,38)/t23-,24-,30+/m0/s1. The molecule has 3 atom stereocenters. The monoisotopic (exact) mass is 530 g/mol. The number of rotatable bonds is 5. The van der Waals surface area contributed by atoms with Crippen molar-refractivity contribution < 1.29 is 14.6 Å². The zero-order chi connectivity index (χ0) is 27.0. The quantitative estimate of drug-likeness (QED) is 0.624. The molecule has 39 heavy (non-hydrogen) atoms. The number of fused-ring (bicyclic) bond motifs is 2. The SMILES string of the molecule is CN1CCC[C@H]1COc1nc2c(c(N3CCN(C(=O)O)[C@@H](CC#N)C3)n1)CC[C@@]1(CCc3ccccc3C1)C2. The Hall–Kier alpha value is -3.38. The third-order valence-electron chi connectivity index (χ3n) is 9.54. The van der Waals surface area contributed by atoms with E-state index in [0.29, 0.717) is 38.3 Å². The molecule has 1 aromatic carbocycles. The van der Waals surface area contributed by atoms with Gasteiger partial charge < -0.3 is 24.5 Å². The van der Waals surface area contributed by atoms with Crippen LogP contribution in [0.2, 0.25) is 0 Å². The van der Waals surface area contributed by atoms with Crippen LogP contribution in [0.1, 0.15) is 54.5 Å². The molecular weight excluding hydrogens is 492 g/mol. The van der Waals surface area contributed by atoms with Gasteiger partial charge in [0.25, 0.3) is 0 Å². The Morgan fingerprint density at radius 2 is 1.95 bits per heavy atom. The molecule has 1 N–H and O–H groups in total. The van der Waals surface area contributed by atoms with Crippen LogP contribution < -0.4 is 9.64 Å². The van der Waals surface area contributed by atoms with E-state index in [1.54, 1.807) is 0 Å². The third-order valence-corrected chi connectivity index (χ3v) is 9.54. The molecule has 0 bridgehead atoms. The lowest BCUT2D eigenvalue weighted by molar-refractivity contribution is 0.118. The Kier molecular flexibility index (Phi) is 7.06. The van der Waals surface area contributed by atoms with E-state index < -0.39 is 6.09 Å². The summed E-state index contributed by atoms with van der Waals surface area (Å²) in [4.78, 5) is 27.7. The number of likely N-dealkylation sites (tertiary alicyclic amines) is 1. The lowest BCUT2D eigenvalue weighted by Crippen LogP contribution is -2.55. The van der Waals surface area contributed by atoms with E-state index >= 15 is 0 Å². The van der Waals surface area contributed by atoms with E-state index in [1.165, 1.54) is 28.0 Å². The number of nitriles is 1. The summed E-state index contributed by atoms with van der Waals surface area (Å²) in [5.74, 6) is 0.869. The molecule has 4 aliphatic rings. The second kappa shape index (κ2) is 10.6. The predicted octanol–water partition coefficient (Wildman–Crippen LogP) is 3.70. The van der Waals surface area contributed by atoms with Crippen molar-refractivity contribution in [2.24, 2.45) is 5.41 Å². The van der Waals surface area contributed by atoms with Crippen molar-refractivity contribution in [3.8, 4) is 12.1 Å². The molecule has 9 heteroatoms. The maximum absolute atomic E-state index is 11.8. The minimum Gasteiger partial charge on any atom is -0.465 e. The molecule has 206 valence electrons. The maximum atomic E-state index is 11.8. The first-order valence-electron chi connectivity index (χ1n) is 14.4. The van der Waals surface area contributed by atoms with Gasteiger partial charge in [-0.15, -0.1) is 0 Å². The van der Waals surface area contributed by atoms with Crippen molar-refractivity contribution in [3.63, 3.8) is 0 Å². The molecule has 2 aromatic rings. The van der Waals surface area contributed by atoms with Gasteiger partial charge in [-0.25, -0.2) is 4.79 Å². The van der Waals surface area contributed by atoms with E-state index in [2.05, 4.69) is 47.2 Å². The van der Waals surface area contributed by atoms with Crippen LogP contribution in [0, 0.1) is 16.7 Å². The molecule has 0 saturated carbocycles. The van der Waals surface area contributed by atoms with Crippen molar-refractivity contribution in [2.75, 3.05) is 44.7 Å². The average Bonchev–Trinajstić information content (AvgIpc) is 3.35. The first-order chi connectivity index (χ1) is 18.9. The number of amides is 1. The van der Waals surface area contributed by atoms with Gasteiger partial charge in [0.2, 0.25) is 0 Å². The number of likely N-dealkylation sites (N-methyl/N-ethyl adjacent to an activating group) is 1. The zero-order valence-corrected chi connectivity index (χ0v) is 22.8. The summed E-state index contributed by atoms with van der Waals surface area (Å²) in [5, 5.41) is 19.1. The lowest BCUT2D eigenvalue weighted by Gasteiger charge is -2.44. The van der Waals surface area contributed by atoms with Crippen molar-refractivity contribution in [1.29, 1.82) is 5.26 Å². The van der Waals surface area contributed by atoms with Crippen LogP contribution in [0.5, 0.6) is 6.01 Å². The van der Waals surface area contributed by atoms with Crippen molar-refractivity contribution in [2.45, 2.75) is 69.9 Å². The number of nitrogens with zero attached hydrogens (tertiary/aromatic N) is 6. The Morgan fingerprint density at radius 3 is 2.72 bits per heavy atom. The second-order valence-corrected chi connectivity index (χ2v) is 11.9. The van der Waals surface area contributed by atoms with Gasteiger partial charge in [0.1, 0.15) is 12.4 Å². The number of piperazine rings is 1. The smallest absolute Gasteiger partial charge is 0.407 e. The fourth-order valence-corrected chi connectivity index (χ4v) is 7.23. The van der Waals surface area contributed by atoms with Gasteiger partial charge in [0.15, 0.2) is 0 Å². The number of aryl methyl sites for hydroxylation is 1. The number of anilines is 1. The lowest BCUT2D eigenvalue weighted by atomic mass is 9.63. The highest BCUT2D eigenvalue weighted by atomic mass is 16.5. The van der Waals surface area contributed by atoms with Crippen LogP contribution >= 0.6 is 0 Å². The third kappa shape index (κ3) is 5.14. The summed E-state index contributed by atoms with van der Waals surface area (Å²) in [5.41, 5.74) is 5.39. The van der Waals surface area contributed by atoms with Gasteiger partial charge in [-0.05, 0) is 81.5 Å². The van der Waals surface area contributed by atoms with Crippen molar-refractivity contribution in [3.05, 3.63) is 46.6 Å². The molecule has 9 nitrogen and oxygen atoms in total. The molecule has 2 saturated heterocycles. The van der Waals surface area contributed by atoms with Crippen LogP contribution in [-0.2, 0) is 25.7 Å². The zero-order valence-electron chi connectivity index (χ0n) is 22.8. The highest BCUT2D eigenvalue weighted by molar-refractivity contribution is 5.66. The van der Waals surface area contributed by atoms with Crippen LogP contribution in [0.25, 0.3) is 0 Å². The largest absolute Gasteiger partial charge is 0.465 e. The number of hydrogen-bond acceptors (Lipinski definition) is 7. The number of ether oxygens (including phenoxy) is 1. The molecule has 2 fully saturated rings. The topological polar surface area (TPSA) is 106 Å². The Balaban J connectivity index is 1.31. The highest BCUT2D eigenvalue weighted by Gasteiger charge is 2.41. The van der Waals surface area contributed by atoms with E-state index in [0.717, 1.165) is 63.0 Å². The Morgan fingerprint density at radius 1 is 1.13 bits per heavy atom. The Bertz CT molecular complexity index is 1280. The van der Waals surface area contributed by atoms with Gasteiger partial charge in [0, 0.05) is 31.2 Å². The van der Waals surface area contributed by atoms with Crippen molar-refractivity contribution >= 4 is 11.9 Å². The van der Waals surface area contributed by atoms with Gasteiger partial charge in [-0.2, -0.15) is 15.2 Å². The molecule has 3 heterocycles. The molecule has 1 spiro atoms. The first kappa shape index (κ1) is 25.9. The summed E-state index contributed by atoms with van der Waals surface area (Å²) in [6.45, 7) is 3.00. The van der Waals surface area contributed by atoms with E-state index in [4.69, 9.17) is 14.7 Å².